The smallest absolute Gasteiger partial charge is 0.215 e. The Kier molecular flexibility index (Phi) is 4.52. The minimum atomic E-state index is 0.612. The third-order valence-electron chi connectivity index (χ3n) is 2.49. The molecule has 0 unspecified atom stereocenters. The number of nitrogens with one attached hydrogen (secondary N) is 1. The van der Waals surface area contributed by atoms with Crippen LogP contribution in [0.5, 0.6) is 5.88 Å². The number of fused-ring (bicyclic) bond motifs is 1. The van der Waals surface area contributed by atoms with E-state index >= 15 is 0 Å². The fraction of sp³-hybridized carbons (Fsp3) is 0.538. The Morgan fingerprint density at radius 1 is 1.17 bits per heavy atom. The first-order chi connectivity index (χ1) is 8.83. The Balaban J connectivity index is 2.02. The van der Waals surface area contributed by atoms with Gasteiger partial charge in [0.1, 0.15) is 5.82 Å². The molecule has 0 aliphatic carbocycles. The highest BCUT2D eigenvalue weighted by Gasteiger charge is 2.05. The van der Waals surface area contributed by atoms with Gasteiger partial charge in [0.2, 0.25) is 5.88 Å². The van der Waals surface area contributed by atoms with Crippen LogP contribution in [0.4, 0.5) is 0 Å². The molecule has 0 aliphatic rings. The molecular weight excluding hydrogens is 230 g/mol. The van der Waals surface area contributed by atoms with E-state index < -0.39 is 0 Å². The van der Waals surface area contributed by atoms with Crippen LogP contribution in [0.25, 0.3) is 11.2 Å². The lowest BCUT2D eigenvalue weighted by Gasteiger charge is -1.99. The summed E-state index contributed by atoms with van der Waals surface area (Å²) in [5.74, 6) is 1.52. The molecular formula is C13H19N3O2. The molecule has 0 aliphatic heterocycles. The molecule has 2 rings (SSSR count). The Morgan fingerprint density at radius 2 is 2.06 bits per heavy atom. The number of ether oxygens (including phenoxy) is 2. The number of aromatic nitrogens is 3. The summed E-state index contributed by atoms with van der Waals surface area (Å²) in [6.07, 6.45) is 1.82. The van der Waals surface area contributed by atoms with Gasteiger partial charge < -0.3 is 14.5 Å². The second kappa shape index (κ2) is 6.35. The third kappa shape index (κ3) is 3.20. The predicted molar refractivity (Wildman–Crippen MR) is 69.9 cm³/mol. The summed E-state index contributed by atoms with van der Waals surface area (Å²) in [7, 11) is 0. The maximum atomic E-state index is 5.44. The first-order valence-corrected chi connectivity index (χ1v) is 6.39. The number of hydrogen-bond donors (Lipinski definition) is 1. The molecule has 0 radical (unpaired) electrons. The lowest BCUT2D eigenvalue weighted by atomic mass is 10.4. The Morgan fingerprint density at radius 3 is 2.83 bits per heavy atom. The molecule has 0 saturated heterocycles. The highest BCUT2D eigenvalue weighted by Crippen LogP contribution is 2.14. The average Bonchev–Trinajstić information content (AvgIpc) is 2.77. The van der Waals surface area contributed by atoms with E-state index in [9.17, 15) is 0 Å². The quantitative estimate of drug-likeness (QED) is 0.765. The normalized spacial score (nSPS) is 11.0. The molecule has 0 spiro atoms. The van der Waals surface area contributed by atoms with Crippen LogP contribution in [0.3, 0.4) is 0 Å². The second-order valence-corrected chi connectivity index (χ2v) is 4.00. The molecule has 2 aromatic heterocycles. The fourth-order valence-electron chi connectivity index (χ4n) is 1.69. The van der Waals surface area contributed by atoms with E-state index in [0.717, 1.165) is 30.8 Å². The van der Waals surface area contributed by atoms with Crippen molar-refractivity contribution in [1.82, 2.24) is 15.0 Å². The molecule has 0 aromatic carbocycles. The van der Waals surface area contributed by atoms with Gasteiger partial charge in [0.25, 0.3) is 0 Å². The van der Waals surface area contributed by atoms with Crippen molar-refractivity contribution in [3.05, 3.63) is 18.0 Å². The molecule has 0 fully saturated rings. The maximum absolute atomic E-state index is 5.44. The van der Waals surface area contributed by atoms with E-state index in [0.29, 0.717) is 24.7 Å². The van der Waals surface area contributed by atoms with Crippen molar-refractivity contribution in [2.45, 2.75) is 26.7 Å². The van der Waals surface area contributed by atoms with Gasteiger partial charge in [0.05, 0.1) is 18.7 Å². The SMILES string of the molecule is CCCOCCc1nc2nc(OCC)ccc2[nH]1. The zero-order chi connectivity index (χ0) is 12.8. The largest absolute Gasteiger partial charge is 0.478 e. The highest BCUT2D eigenvalue weighted by atomic mass is 16.5. The molecule has 0 saturated carbocycles. The van der Waals surface area contributed by atoms with Gasteiger partial charge in [-0.15, -0.1) is 0 Å². The molecule has 18 heavy (non-hydrogen) atoms. The summed E-state index contributed by atoms with van der Waals surface area (Å²) in [5, 5.41) is 0. The minimum Gasteiger partial charge on any atom is -0.478 e. The van der Waals surface area contributed by atoms with E-state index in [1.807, 2.05) is 19.1 Å². The van der Waals surface area contributed by atoms with Gasteiger partial charge in [0, 0.05) is 19.1 Å². The van der Waals surface area contributed by atoms with Gasteiger partial charge >= 0.3 is 0 Å². The molecule has 2 heterocycles. The van der Waals surface area contributed by atoms with Crippen LogP contribution in [0.2, 0.25) is 0 Å². The van der Waals surface area contributed by atoms with Crippen molar-refractivity contribution < 1.29 is 9.47 Å². The maximum Gasteiger partial charge on any atom is 0.215 e. The van der Waals surface area contributed by atoms with Crippen molar-refractivity contribution in [2.75, 3.05) is 19.8 Å². The number of hydrogen-bond acceptors (Lipinski definition) is 4. The Bertz CT molecular complexity index is 496. The lowest BCUT2D eigenvalue weighted by molar-refractivity contribution is 0.137. The summed E-state index contributed by atoms with van der Waals surface area (Å²) in [6, 6.07) is 3.79. The van der Waals surface area contributed by atoms with Gasteiger partial charge in [-0.2, -0.15) is 4.98 Å². The first-order valence-electron chi connectivity index (χ1n) is 6.39. The standard InChI is InChI=1S/C13H19N3O2/c1-3-8-17-9-7-11-14-10-5-6-12(18-4-2)16-13(10)15-11/h5-6H,3-4,7-9H2,1-2H3,(H,14,15,16). The minimum absolute atomic E-state index is 0.612. The molecule has 2 aromatic rings. The molecule has 5 nitrogen and oxygen atoms in total. The van der Waals surface area contributed by atoms with Crippen molar-refractivity contribution in [2.24, 2.45) is 0 Å². The second-order valence-electron chi connectivity index (χ2n) is 4.00. The van der Waals surface area contributed by atoms with Gasteiger partial charge in [-0.05, 0) is 19.4 Å². The van der Waals surface area contributed by atoms with Crippen LogP contribution in [0.1, 0.15) is 26.1 Å². The Hall–Kier alpha value is -1.62. The van der Waals surface area contributed by atoms with E-state index in [1.165, 1.54) is 0 Å². The van der Waals surface area contributed by atoms with Crippen molar-refractivity contribution >= 4 is 11.2 Å². The number of rotatable bonds is 7. The Labute approximate surface area is 107 Å². The topological polar surface area (TPSA) is 60.0 Å². The summed E-state index contributed by atoms with van der Waals surface area (Å²) in [5.41, 5.74) is 1.63. The first kappa shape index (κ1) is 12.8. The van der Waals surface area contributed by atoms with Crippen molar-refractivity contribution in [1.29, 1.82) is 0 Å². The number of pyridine rings is 1. The van der Waals surface area contributed by atoms with Gasteiger partial charge in [-0.25, -0.2) is 4.98 Å². The van der Waals surface area contributed by atoms with Crippen LogP contribution in [-0.2, 0) is 11.2 Å². The molecule has 5 heteroatoms. The van der Waals surface area contributed by atoms with Crippen molar-refractivity contribution in [3.63, 3.8) is 0 Å². The van der Waals surface area contributed by atoms with Crippen LogP contribution in [-0.4, -0.2) is 34.8 Å². The van der Waals surface area contributed by atoms with Gasteiger partial charge in [-0.3, -0.25) is 0 Å². The molecule has 1 N–H and O–H groups in total. The number of H-pyrrole nitrogens is 1. The monoisotopic (exact) mass is 249 g/mol. The summed E-state index contributed by atoms with van der Waals surface area (Å²) < 4.78 is 10.8. The van der Waals surface area contributed by atoms with E-state index in [-0.39, 0.29) is 0 Å². The van der Waals surface area contributed by atoms with E-state index in [4.69, 9.17) is 9.47 Å². The van der Waals surface area contributed by atoms with Crippen molar-refractivity contribution in [3.8, 4) is 5.88 Å². The zero-order valence-electron chi connectivity index (χ0n) is 10.9. The van der Waals surface area contributed by atoms with Crippen LogP contribution < -0.4 is 4.74 Å². The zero-order valence-corrected chi connectivity index (χ0v) is 10.9. The van der Waals surface area contributed by atoms with Gasteiger partial charge in [0.15, 0.2) is 5.65 Å². The molecule has 0 bridgehead atoms. The highest BCUT2D eigenvalue weighted by molar-refractivity contribution is 5.71. The van der Waals surface area contributed by atoms with Crippen LogP contribution >= 0.6 is 0 Å². The van der Waals surface area contributed by atoms with Crippen LogP contribution in [0, 0.1) is 0 Å². The molecule has 98 valence electrons. The fourth-order valence-corrected chi connectivity index (χ4v) is 1.69. The number of nitrogens with zero attached hydrogens (tertiary/aromatic N) is 2. The third-order valence-corrected chi connectivity index (χ3v) is 2.49. The number of imidazole rings is 1. The van der Waals surface area contributed by atoms with E-state index in [1.54, 1.807) is 0 Å². The summed E-state index contributed by atoms with van der Waals surface area (Å²) >= 11 is 0. The number of aromatic amines is 1. The average molecular weight is 249 g/mol. The van der Waals surface area contributed by atoms with Gasteiger partial charge in [-0.1, -0.05) is 6.92 Å². The van der Waals surface area contributed by atoms with E-state index in [2.05, 4.69) is 21.9 Å². The predicted octanol–water partition coefficient (Wildman–Crippen LogP) is 2.33. The molecule has 0 atom stereocenters. The lowest BCUT2D eigenvalue weighted by Crippen LogP contribution is -2.00. The molecule has 0 amide bonds. The summed E-state index contributed by atoms with van der Waals surface area (Å²) in [6.45, 7) is 6.13. The van der Waals surface area contributed by atoms with Crippen LogP contribution in [0.15, 0.2) is 12.1 Å². The summed E-state index contributed by atoms with van der Waals surface area (Å²) in [4.78, 5) is 12.0.